The summed E-state index contributed by atoms with van der Waals surface area (Å²) in [5, 5.41) is 0. The maximum atomic E-state index is 6.62. The number of hydrogen-bond acceptors (Lipinski definition) is 3. The number of fused-ring (bicyclic) bond motifs is 11. The van der Waals surface area contributed by atoms with E-state index >= 15 is 0 Å². The molecule has 0 atom stereocenters. The van der Waals surface area contributed by atoms with E-state index in [1.807, 2.05) is 48.8 Å². The summed E-state index contributed by atoms with van der Waals surface area (Å²) in [7, 11) is 0. The lowest BCUT2D eigenvalue weighted by Crippen LogP contribution is -2.25. The van der Waals surface area contributed by atoms with Gasteiger partial charge < -0.3 is 4.42 Å². The minimum absolute atomic E-state index is 0.408. The van der Waals surface area contributed by atoms with Crippen LogP contribution in [0, 0.1) is 0 Å². The molecular weight excluding hydrogens is 633 g/mol. The molecule has 2 aliphatic rings. The largest absolute Gasteiger partial charge is 0.435 e. The van der Waals surface area contributed by atoms with Gasteiger partial charge >= 0.3 is 0 Å². The summed E-state index contributed by atoms with van der Waals surface area (Å²) in [6.45, 7) is 0. The number of aromatic nitrogens is 2. The molecule has 2 aliphatic carbocycles. The maximum Gasteiger partial charge on any atom is 0.227 e. The van der Waals surface area contributed by atoms with Crippen LogP contribution in [0.25, 0.3) is 78.2 Å². The van der Waals surface area contributed by atoms with Crippen LogP contribution >= 0.6 is 0 Å². The Balaban J connectivity index is 1.16. The zero-order valence-corrected chi connectivity index (χ0v) is 28.1. The number of benzene rings is 7. The first-order valence-electron chi connectivity index (χ1n) is 17.7. The fourth-order valence-corrected chi connectivity index (χ4v) is 8.79. The quantitative estimate of drug-likeness (QED) is 0.188. The van der Waals surface area contributed by atoms with E-state index in [2.05, 4.69) is 138 Å². The number of pyridine rings is 1. The molecule has 0 amide bonds. The molecule has 0 saturated carbocycles. The second-order valence-electron chi connectivity index (χ2n) is 13.7. The van der Waals surface area contributed by atoms with Crippen molar-refractivity contribution in [3.8, 4) is 67.1 Å². The number of rotatable bonds is 4. The van der Waals surface area contributed by atoms with Crippen LogP contribution in [0.4, 0.5) is 0 Å². The van der Waals surface area contributed by atoms with E-state index in [-0.39, 0.29) is 0 Å². The van der Waals surface area contributed by atoms with E-state index in [4.69, 9.17) is 9.40 Å². The van der Waals surface area contributed by atoms with Gasteiger partial charge in [0.25, 0.3) is 0 Å². The first-order chi connectivity index (χ1) is 25.8. The molecule has 0 bridgehead atoms. The Morgan fingerprint density at radius 3 is 1.67 bits per heavy atom. The summed E-state index contributed by atoms with van der Waals surface area (Å²) in [6, 6.07) is 61.2. The molecule has 2 heterocycles. The van der Waals surface area contributed by atoms with Gasteiger partial charge in [-0.15, -0.1) is 0 Å². The molecule has 3 heteroatoms. The molecule has 0 radical (unpaired) electrons. The van der Waals surface area contributed by atoms with Crippen LogP contribution in [0.15, 0.2) is 187 Å². The van der Waals surface area contributed by atoms with Crippen LogP contribution in [0.1, 0.15) is 22.3 Å². The monoisotopic (exact) mass is 662 g/mol. The highest BCUT2D eigenvalue weighted by molar-refractivity contribution is 5.99. The third kappa shape index (κ3) is 4.08. The molecule has 0 N–H and O–H groups in total. The molecule has 242 valence electrons. The van der Waals surface area contributed by atoms with Crippen LogP contribution < -0.4 is 0 Å². The van der Waals surface area contributed by atoms with Crippen molar-refractivity contribution in [2.24, 2.45) is 0 Å². The second kappa shape index (κ2) is 11.1. The molecule has 0 aliphatic heterocycles. The molecular formula is C49H30N2O. The van der Waals surface area contributed by atoms with Gasteiger partial charge in [-0.3, -0.25) is 4.98 Å². The smallest absolute Gasteiger partial charge is 0.227 e. The van der Waals surface area contributed by atoms with Gasteiger partial charge in [-0.05, 0) is 109 Å². The summed E-state index contributed by atoms with van der Waals surface area (Å²) in [5.74, 6) is 0.611. The van der Waals surface area contributed by atoms with E-state index in [9.17, 15) is 0 Å². The van der Waals surface area contributed by atoms with Crippen molar-refractivity contribution in [1.29, 1.82) is 0 Å². The molecule has 0 unspecified atom stereocenters. The standard InChI is InChI=1S/C49H30N2O/c1-2-12-31(13-3-1)48-51-46-29-36(27-41(47(46)52-48)34-15-10-14-32(26-34)35-16-11-25-50-30-35)33-23-24-40-39-19-6-9-22-44(39)49(45(40)28-33)42-20-7-4-17-37(42)38-18-5-8-21-43(38)49/h1-30H. The van der Waals surface area contributed by atoms with Crippen LogP contribution in [0.2, 0.25) is 0 Å². The van der Waals surface area contributed by atoms with E-state index in [1.54, 1.807) is 0 Å². The first-order valence-corrected chi connectivity index (χ1v) is 17.7. The molecule has 0 fully saturated rings. The molecule has 2 aromatic heterocycles. The zero-order valence-electron chi connectivity index (χ0n) is 28.1. The van der Waals surface area contributed by atoms with Crippen molar-refractivity contribution in [2.75, 3.05) is 0 Å². The summed E-state index contributed by atoms with van der Waals surface area (Å²) < 4.78 is 6.62. The van der Waals surface area contributed by atoms with Gasteiger partial charge in [-0.2, -0.15) is 0 Å². The van der Waals surface area contributed by atoms with Crippen molar-refractivity contribution in [3.05, 3.63) is 205 Å². The Kier molecular flexibility index (Phi) is 6.17. The Bertz CT molecular complexity index is 2790. The van der Waals surface area contributed by atoms with E-state index in [1.165, 1.54) is 44.5 Å². The number of hydrogen-bond donors (Lipinski definition) is 0. The van der Waals surface area contributed by atoms with Crippen LogP contribution in [-0.2, 0) is 5.41 Å². The van der Waals surface area contributed by atoms with Gasteiger partial charge in [0, 0.05) is 29.1 Å². The third-order valence-corrected chi connectivity index (χ3v) is 11.0. The zero-order chi connectivity index (χ0) is 34.2. The average molecular weight is 663 g/mol. The van der Waals surface area contributed by atoms with Gasteiger partial charge in [-0.25, -0.2) is 4.98 Å². The molecule has 7 aromatic carbocycles. The summed E-state index contributed by atoms with van der Waals surface area (Å²) >= 11 is 0. The van der Waals surface area contributed by atoms with Gasteiger partial charge in [0.2, 0.25) is 5.89 Å². The minimum atomic E-state index is -0.408. The van der Waals surface area contributed by atoms with Crippen LogP contribution in [0.5, 0.6) is 0 Å². The fourth-order valence-electron chi connectivity index (χ4n) is 8.79. The van der Waals surface area contributed by atoms with Gasteiger partial charge in [0.15, 0.2) is 5.58 Å². The highest BCUT2D eigenvalue weighted by Crippen LogP contribution is 2.63. The SMILES string of the molecule is c1ccc(-c2nc3cc(-c4ccc5c(c4)C4(c6ccccc6-c6ccccc64)c4ccccc4-5)cc(-c4cccc(-c5cccnc5)c4)c3o2)cc1. The van der Waals surface area contributed by atoms with Gasteiger partial charge in [-0.1, -0.05) is 127 Å². The Hall–Kier alpha value is -6.84. The predicted molar refractivity (Wildman–Crippen MR) is 210 cm³/mol. The van der Waals surface area contributed by atoms with Crippen molar-refractivity contribution in [1.82, 2.24) is 9.97 Å². The van der Waals surface area contributed by atoms with Gasteiger partial charge in [0.1, 0.15) is 5.52 Å². The fraction of sp³-hybridized carbons (Fsp3) is 0.0204. The first kappa shape index (κ1) is 28.9. The highest BCUT2D eigenvalue weighted by Gasteiger charge is 2.51. The van der Waals surface area contributed by atoms with Gasteiger partial charge in [0.05, 0.1) is 5.41 Å². The maximum absolute atomic E-state index is 6.62. The minimum Gasteiger partial charge on any atom is -0.435 e. The predicted octanol–water partition coefficient (Wildman–Crippen LogP) is 12.2. The summed E-state index contributed by atoms with van der Waals surface area (Å²) in [5.41, 5.74) is 19.1. The van der Waals surface area contributed by atoms with Crippen molar-refractivity contribution in [2.45, 2.75) is 5.41 Å². The van der Waals surface area contributed by atoms with E-state index in [0.29, 0.717) is 5.89 Å². The lowest BCUT2D eigenvalue weighted by atomic mass is 9.70. The normalized spacial score (nSPS) is 13.2. The Morgan fingerprint density at radius 2 is 0.981 bits per heavy atom. The molecule has 1 spiro atoms. The topological polar surface area (TPSA) is 38.9 Å². The second-order valence-corrected chi connectivity index (χ2v) is 13.7. The van der Waals surface area contributed by atoms with Crippen LogP contribution in [-0.4, -0.2) is 9.97 Å². The third-order valence-electron chi connectivity index (χ3n) is 11.0. The Morgan fingerprint density at radius 1 is 0.385 bits per heavy atom. The molecule has 0 saturated heterocycles. The number of nitrogens with zero attached hydrogens (tertiary/aromatic N) is 2. The molecule has 3 nitrogen and oxygen atoms in total. The molecule has 11 rings (SSSR count). The molecule has 9 aromatic rings. The average Bonchev–Trinajstić information content (AvgIpc) is 3.88. The lowest BCUT2D eigenvalue weighted by Gasteiger charge is -2.30. The van der Waals surface area contributed by atoms with Crippen LogP contribution in [0.3, 0.4) is 0 Å². The lowest BCUT2D eigenvalue weighted by molar-refractivity contribution is 0.621. The van der Waals surface area contributed by atoms with E-state index < -0.39 is 5.41 Å². The van der Waals surface area contributed by atoms with Crippen molar-refractivity contribution < 1.29 is 4.42 Å². The summed E-state index contributed by atoms with van der Waals surface area (Å²) in [6.07, 6.45) is 3.72. The highest BCUT2D eigenvalue weighted by atomic mass is 16.3. The molecule has 52 heavy (non-hydrogen) atoms. The summed E-state index contributed by atoms with van der Waals surface area (Å²) in [4.78, 5) is 9.47. The Labute approximate surface area is 301 Å². The van der Waals surface area contributed by atoms with Crippen molar-refractivity contribution >= 4 is 11.1 Å². The van der Waals surface area contributed by atoms with E-state index in [0.717, 1.165) is 50.0 Å². The van der Waals surface area contributed by atoms with Crippen molar-refractivity contribution in [3.63, 3.8) is 0 Å². The number of oxazole rings is 1.